The summed E-state index contributed by atoms with van der Waals surface area (Å²) in [6.07, 6.45) is 4.75. The van der Waals surface area contributed by atoms with Crippen LogP contribution in [0.1, 0.15) is 25.3 Å². The number of hydrogen-bond acceptors (Lipinski definition) is 3. The van der Waals surface area contributed by atoms with Gasteiger partial charge in [0.1, 0.15) is 5.75 Å². The minimum Gasteiger partial charge on any atom is -0.508 e. The molecule has 0 radical (unpaired) electrons. The van der Waals surface area contributed by atoms with Gasteiger partial charge in [0.2, 0.25) is 0 Å². The third-order valence-electron chi connectivity index (χ3n) is 2.94. The number of carbonyl (C=O) groups excluding carboxylic acids is 1. The standard InChI is InChI=1S/C15H14O2S/c1-2-14(17)13-7-6-11(9-15(13)18)10-4-3-5-12(16)8-10/h3-8,16H,2,9H2,1H3. The van der Waals surface area contributed by atoms with Crippen LogP contribution < -0.4 is 0 Å². The molecule has 0 amide bonds. The maximum atomic E-state index is 11.6. The molecule has 2 rings (SSSR count). The fourth-order valence-electron chi connectivity index (χ4n) is 1.95. The minimum atomic E-state index is 0.0891. The number of phenols is 1. The lowest BCUT2D eigenvalue weighted by Crippen LogP contribution is -2.13. The second-order valence-electron chi connectivity index (χ2n) is 4.20. The van der Waals surface area contributed by atoms with Crippen LogP contribution in [0.25, 0.3) is 5.57 Å². The van der Waals surface area contributed by atoms with E-state index in [4.69, 9.17) is 12.2 Å². The lowest BCUT2D eigenvalue weighted by Gasteiger charge is -2.15. The van der Waals surface area contributed by atoms with E-state index >= 15 is 0 Å². The molecule has 1 aliphatic carbocycles. The van der Waals surface area contributed by atoms with Crippen molar-refractivity contribution >= 4 is 28.4 Å². The predicted octanol–water partition coefficient (Wildman–Crippen LogP) is 3.45. The van der Waals surface area contributed by atoms with Crippen LogP contribution in [0.15, 0.2) is 42.0 Å². The van der Waals surface area contributed by atoms with Gasteiger partial charge in [-0.2, -0.15) is 0 Å². The van der Waals surface area contributed by atoms with Crippen LogP contribution in [-0.2, 0) is 4.79 Å². The summed E-state index contributed by atoms with van der Waals surface area (Å²) in [4.78, 5) is 12.3. The van der Waals surface area contributed by atoms with Crippen LogP contribution in [0.5, 0.6) is 5.75 Å². The fourth-order valence-corrected chi connectivity index (χ4v) is 2.28. The second-order valence-corrected chi connectivity index (χ2v) is 4.69. The van der Waals surface area contributed by atoms with Gasteiger partial charge < -0.3 is 5.11 Å². The van der Waals surface area contributed by atoms with Crippen molar-refractivity contribution < 1.29 is 9.90 Å². The Morgan fingerprint density at radius 1 is 1.39 bits per heavy atom. The first-order valence-electron chi connectivity index (χ1n) is 5.88. The van der Waals surface area contributed by atoms with Crippen LogP contribution >= 0.6 is 12.2 Å². The molecule has 0 fully saturated rings. The van der Waals surface area contributed by atoms with Crippen LogP contribution in [0.3, 0.4) is 0 Å². The van der Waals surface area contributed by atoms with Crippen LogP contribution in [0.4, 0.5) is 0 Å². The molecule has 1 N–H and O–H groups in total. The number of benzene rings is 1. The molecule has 0 heterocycles. The second kappa shape index (κ2) is 5.27. The summed E-state index contributed by atoms with van der Waals surface area (Å²) in [5.41, 5.74) is 2.62. The molecule has 0 spiro atoms. The Morgan fingerprint density at radius 3 is 2.78 bits per heavy atom. The van der Waals surface area contributed by atoms with Crippen molar-refractivity contribution in [1.82, 2.24) is 0 Å². The van der Waals surface area contributed by atoms with Gasteiger partial charge in [-0.15, -0.1) is 0 Å². The number of hydrogen-bond donors (Lipinski definition) is 1. The molecule has 1 aromatic carbocycles. The minimum absolute atomic E-state index is 0.0891. The van der Waals surface area contributed by atoms with Gasteiger partial charge in [-0.3, -0.25) is 4.79 Å². The average Bonchev–Trinajstić information content (AvgIpc) is 2.37. The number of aromatic hydroxyl groups is 1. The highest BCUT2D eigenvalue weighted by Gasteiger charge is 2.18. The number of allylic oxidation sites excluding steroid dienone is 4. The van der Waals surface area contributed by atoms with E-state index in [1.54, 1.807) is 24.3 Å². The molecule has 0 unspecified atom stereocenters. The van der Waals surface area contributed by atoms with Crippen molar-refractivity contribution in [3.05, 3.63) is 47.6 Å². The monoisotopic (exact) mass is 258 g/mol. The third-order valence-corrected chi connectivity index (χ3v) is 3.31. The summed E-state index contributed by atoms with van der Waals surface area (Å²) >= 11 is 5.29. The Balaban J connectivity index is 2.33. The molecular weight excluding hydrogens is 244 g/mol. The Morgan fingerprint density at radius 2 is 2.17 bits per heavy atom. The van der Waals surface area contributed by atoms with E-state index in [9.17, 15) is 9.90 Å². The van der Waals surface area contributed by atoms with E-state index in [-0.39, 0.29) is 11.5 Å². The third kappa shape index (κ3) is 2.57. The average molecular weight is 258 g/mol. The molecule has 1 aromatic rings. The summed E-state index contributed by atoms with van der Waals surface area (Å²) in [7, 11) is 0. The summed E-state index contributed by atoms with van der Waals surface area (Å²) < 4.78 is 0. The largest absolute Gasteiger partial charge is 0.508 e. The lowest BCUT2D eigenvalue weighted by molar-refractivity contribution is -0.114. The first kappa shape index (κ1) is 12.7. The van der Waals surface area contributed by atoms with Gasteiger partial charge in [-0.05, 0) is 29.3 Å². The fraction of sp³-hybridized carbons (Fsp3) is 0.200. The first-order chi connectivity index (χ1) is 8.61. The Labute approximate surface area is 112 Å². The molecule has 0 bridgehead atoms. The summed E-state index contributed by atoms with van der Waals surface area (Å²) in [6.45, 7) is 1.83. The highest BCUT2D eigenvalue weighted by molar-refractivity contribution is 7.81. The van der Waals surface area contributed by atoms with Crippen LogP contribution in [0.2, 0.25) is 0 Å². The maximum Gasteiger partial charge on any atom is 0.163 e. The number of ketones is 1. The van der Waals surface area contributed by atoms with Crippen LogP contribution in [0, 0.1) is 0 Å². The molecule has 0 saturated carbocycles. The molecule has 0 aromatic heterocycles. The van der Waals surface area contributed by atoms with Gasteiger partial charge in [-0.25, -0.2) is 0 Å². The molecule has 0 atom stereocenters. The zero-order valence-electron chi connectivity index (χ0n) is 10.1. The summed E-state index contributed by atoms with van der Waals surface area (Å²) in [5.74, 6) is 0.324. The van der Waals surface area contributed by atoms with Crippen molar-refractivity contribution in [3.8, 4) is 5.75 Å². The van der Waals surface area contributed by atoms with E-state index in [0.29, 0.717) is 23.3 Å². The molecular formula is C15H14O2S. The van der Waals surface area contributed by atoms with Gasteiger partial charge >= 0.3 is 0 Å². The summed E-state index contributed by atoms with van der Waals surface area (Å²) in [6, 6.07) is 7.06. The Hall–Kier alpha value is -1.74. The normalized spacial score (nSPS) is 15.1. The SMILES string of the molecule is CCC(=O)C1=CC=C(c2cccc(O)c2)CC1=S. The highest BCUT2D eigenvalue weighted by Crippen LogP contribution is 2.28. The summed E-state index contributed by atoms with van der Waals surface area (Å²) in [5, 5.41) is 9.46. The predicted molar refractivity (Wildman–Crippen MR) is 76.7 cm³/mol. The van der Waals surface area contributed by atoms with E-state index < -0.39 is 0 Å². The topological polar surface area (TPSA) is 37.3 Å². The van der Waals surface area contributed by atoms with Gasteiger partial charge in [-0.1, -0.05) is 37.4 Å². The number of rotatable bonds is 3. The van der Waals surface area contributed by atoms with Gasteiger partial charge in [0, 0.05) is 23.3 Å². The van der Waals surface area contributed by atoms with E-state index in [1.807, 2.05) is 19.1 Å². The number of carbonyl (C=O) groups is 1. The number of phenolic OH excluding ortho intramolecular Hbond substituents is 1. The van der Waals surface area contributed by atoms with Gasteiger partial charge in [0.05, 0.1) is 0 Å². The van der Waals surface area contributed by atoms with Crippen molar-refractivity contribution in [2.24, 2.45) is 0 Å². The molecule has 0 aliphatic heterocycles. The van der Waals surface area contributed by atoms with E-state index in [1.165, 1.54) is 0 Å². The van der Waals surface area contributed by atoms with Crippen LogP contribution in [-0.4, -0.2) is 15.8 Å². The molecule has 1 aliphatic rings. The molecule has 92 valence electrons. The van der Waals surface area contributed by atoms with E-state index in [0.717, 1.165) is 11.1 Å². The van der Waals surface area contributed by atoms with Crippen molar-refractivity contribution in [3.63, 3.8) is 0 Å². The van der Waals surface area contributed by atoms with Gasteiger partial charge in [0.25, 0.3) is 0 Å². The lowest BCUT2D eigenvalue weighted by atomic mass is 9.91. The van der Waals surface area contributed by atoms with E-state index in [2.05, 4.69) is 0 Å². The van der Waals surface area contributed by atoms with Crippen molar-refractivity contribution in [2.45, 2.75) is 19.8 Å². The Kier molecular flexibility index (Phi) is 3.72. The van der Waals surface area contributed by atoms with Gasteiger partial charge in [0.15, 0.2) is 5.78 Å². The zero-order valence-corrected chi connectivity index (χ0v) is 11.0. The quantitative estimate of drug-likeness (QED) is 0.844. The molecule has 0 saturated heterocycles. The van der Waals surface area contributed by atoms with Crippen molar-refractivity contribution in [1.29, 1.82) is 0 Å². The molecule has 3 heteroatoms. The smallest absolute Gasteiger partial charge is 0.163 e. The number of Topliss-reactive ketones (excluding diaryl/α,β-unsaturated/α-hetero) is 1. The van der Waals surface area contributed by atoms with Crippen molar-refractivity contribution in [2.75, 3.05) is 0 Å². The first-order valence-corrected chi connectivity index (χ1v) is 6.29. The number of thiocarbonyl (C=S) groups is 1. The highest BCUT2D eigenvalue weighted by atomic mass is 32.1. The molecule has 2 nitrogen and oxygen atoms in total. The zero-order chi connectivity index (χ0) is 13.1. The maximum absolute atomic E-state index is 11.6. The Bertz CT molecular complexity index is 568. The molecule has 18 heavy (non-hydrogen) atoms.